The van der Waals surface area contributed by atoms with Gasteiger partial charge in [0.1, 0.15) is 5.75 Å². The first-order valence-electron chi connectivity index (χ1n) is 7.29. The fraction of sp³-hybridized carbons (Fsp3) is 0.625. The van der Waals surface area contributed by atoms with Crippen LogP contribution in [0.5, 0.6) is 5.75 Å². The molecule has 0 radical (unpaired) electrons. The number of nitrogens with two attached hydrogens (primary N) is 1. The van der Waals surface area contributed by atoms with Crippen molar-refractivity contribution in [2.75, 3.05) is 33.5 Å². The maximum absolute atomic E-state index is 5.85. The lowest BCUT2D eigenvalue weighted by Gasteiger charge is -2.23. The van der Waals surface area contributed by atoms with Crippen LogP contribution in [0.3, 0.4) is 0 Å². The molecule has 20 heavy (non-hydrogen) atoms. The third-order valence-corrected chi connectivity index (χ3v) is 5.16. The summed E-state index contributed by atoms with van der Waals surface area (Å²) in [6.45, 7) is 4.04. The number of hydrogen-bond donors (Lipinski definition) is 1. The van der Waals surface area contributed by atoms with Gasteiger partial charge in [0, 0.05) is 23.0 Å². The van der Waals surface area contributed by atoms with Crippen molar-refractivity contribution in [2.45, 2.75) is 30.7 Å². The van der Waals surface area contributed by atoms with Crippen LogP contribution in [0.15, 0.2) is 17.0 Å². The fourth-order valence-electron chi connectivity index (χ4n) is 3.16. The van der Waals surface area contributed by atoms with Crippen molar-refractivity contribution in [3.05, 3.63) is 23.3 Å². The lowest BCUT2D eigenvalue weighted by atomic mass is 9.97. The molecule has 3 nitrogen and oxygen atoms in total. The van der Waals surface area contributed by atoms with Crippen LogP contribution in [0.2, 0.25) is 0 Å². The first kappa shape index (κ1) is 15.7. The van der Waals surface area contributed by atoms with Crippen molar-refractivity contribution >= 4 is 11.8 Å². The van der Waals surface area contributed by atoms with Crippen LogP contribution in [0, 0.1) is 5.92 Å². The van der Waals surface area contributed by atoms with Crippen molar-refractivity contribution in [1.82, 2.24) is 4.90 Å². The number of rotatable bonds is 5. The Morgan fingerprint density at radius 3 is 2.70 bits per heavy atom. The van der Waals surface area contributed by atoms with Gasteiger partial charge in [-0.25, -0.2) is 0 Å². The molecule has 0 amide bonds. The van der Waals surface area contributed by atoms with Gasteiger partial charge in [-0.3, -0.25) is 4.90 Å². The number of aryl methyl sites for hydroxylation is 1. The lowest BCUT2D eigenvalue weighted by Crippen LogP contribution is -2.21. The molecule has 2 rings (SSSR count). The van der Waals surface area contributed by atoms with Crippen LogP contribution in [0.25, 0.3) is 0 Å². The molecule has 0 aromatic heterocycles. The normalized spacial score (nSPS) is 23.2. The van der Waals surface area contributed by atoms with Crippen LogP contribution in [0.4, 0.5) is 0 Å². The molecule has 1 heterocycles. The first-order valence-corrected chi connectivity index (χ1v) is 8.52. The first-order chi connectivity index (χ1) is 9.64. The minimum Gasteiger partial charge on any atom is -0.496 e. The number of thioether (sulfide) groups is 1. The van der Waals surface area contributed by atoms with E-state index in [4.69, 9.17) is 10.5 Å². The molecule has 1 aliphatic heterocycles. The van der Waals surface area contributed by atoms with Crippen molar-refractivity contribution < 1.29 is 4.74 Å². The molecular formula is C16H26N2OS. The molecule has 1 aromatic carbocycles. The van der Waals surface area contributed by atoms with Crippen molar-refractivity contribution in [3.63, 3.8) is 0 Å². The topological polar surface area (TPSA) is 38.5 Å². The Balaban J connectivity index is 2.39. The molecule has 0 saturated carbocycles. The Labute approximate surface area is 126 Å². The van der Waals surface area contributed by atoms with E-state index in [1.807, 2.05) is 11.8 Å². The Morgan fingerprint density at radius 2 is 2.20 bits per heavy atom. The predicted octanol–water partition coefficient (Wildman–Crippen LogP) is 2.93. The average Bonchev–Trinajstić information content (AvgIpc) is 2.86. The standard InChI is InChI=1S/C16H26N2OS/c1-5-12-7-15(19-3)13(8-16(12)20-4)14-6-11(9-17)10-18(14)2/h7-8,11,14H,5-6,9-10,17H2,1-4H3. The third-order valence-electron chi connectivity index (χ3n) is 4.34. The highest BCUT2D eigenvalue weighted by atomic mass is 32.2. The van der Waals surface area contributed by atoms with E-state index in [0.717, 1.165) is 31.7 Å². The van der Waals surface area contributed by atoms with Gasteiger partial charge in [0.05, 0.1) is 7.11 Å². The molecular weight excluding hydrogens is 268 g/mol. The molecule has 1 aromatic rings. The molecule has 0 bridgehead atoms. The zero-order chi connectivity index (χ0) is 14.7. The van der Waals surface area contributed by atoms with E-state index < -0.39 is 0 Å². The lowest BCUT2D eigenvalue weighted by molar-refractivity contribution is 0.302. The zero-order valence-corrected chi connectivity index (χ0v) is 13.8. The average molecular weight is 294 g/mol. The summed E-state index contributed by atoms with van der Waals surface area (Å²) in [5, 5.41) is 0. The second-order valence-corrected chi connectivity index (χ2v) is 6.40. The van der Waals surface area contributed by atoms with Crippen LogP contribution in [-0.2, 0) is 6.42 Å². The Hall–Kier alpha value is -0.710. The van der Waals surface area contributed by atoms with Crippen molar-refractivity contribution in [1.29, 1.82) is 0 Å². The summed E-state index contributed by atoms with van der Waals surface area (Å²) in [5.74, 6) is 1.62. The minimum atomic E-state index is 0.426. The number of nitrogens with zero attached hydrogens (tertiary/aromatic N) is 1. The van der Waals surface area contributed by atoms with Crippen LogP contribution < -0.4 is 10.5 Å². The monoisotopic (exact) mass is 294 g/mol. The zero-order valence-electron chi connectivity index (χ0n) is 13.0. The third kappa shape index (κ3) is 2.97. The van der Waals surface area contributed by atoms with E-state index in [1.54, 1.807) is 7.11 Å². The molecule has 4 heteroatoms. The fourth-order valence-corrected chi connectivity index (χ4v) is 3.87. The number of ether oxygens (including phenoxy) is 1. The van der Waals surface area contributed by atoms with Gasteiger partial charge in [-0.15, -0.1) is 11.8 Å². The molecule has 1 aliphatic rings. The van der Waals surface area contributed by atoms with E-state index in [9.17, 15) is 0 Å². The highest BCUT2D eigenvalue weighted by Gasteiger charge is 2.32. The molecule has 0 aliphatic carbocycles. The molecule has 2 N–H and O–H groups in total. The summed E-state index contributed by atoms with van der Waals surface area (Å²) in [5.41, 5.74) is 8.53. The Morgan fingerprint density at radius 1 is 1.45 bits per heavy atom. The molecule has 0 spiro atoms. The van der Waals surface area contributed by atoms with Crippen LogP contribution in [0.1, 0.15) is 30.5 Å². The minimum absolute atomic E-state index is 0.426. The molecule has 112 valence electrons. The van der Waals surface area contributed by atoms with Gasteiger partial charge >= 0.3 is 0 Å². The molecule has 2 atom stereocenters. The van der Waals surface area contributed by atoms with E-state index in [-0.39, 0.29) is 0 Å². The second-order valence-electron chi connectivity index (χ2n) is 5.55. The highest BCUT2D eigenvalue weighted by molar-refractivity contribution is 7.98. The van der Waals surface area contributed by atoms with Gasteiger partial charge in [0.25, 0.3) is 0 Å². The Kier molecular flexibility index (Phi) is 5.35. The van der Waals surface area contributed by atoms with Crippen molar-refractivity contribution in [3.8, 4) is 5.75 Å². The van der Waals surface area contributed by atoms with Gasteiger partial charge in [-0.05, 0) is 56.3 Å². The number of benzene rings is 1. The quantitative estimate of drug-likeness (QED) is 0.848. The molecule has 1 fully saturated rings. The summed E-state index contributed by atoms with van der Waals surface area (Å²) >= 11 is 1.82. The SMILES string of the molecule is CCc1cc(OC)c(C2CC(CN)CN2C)cc1SC. The number of likely N-dealkylation sites (tertiary alicyclic amines) is 1. The maximum atomic E-state index is 5.85. The maximum Gasteiger partial charge on any atom is 0.123 e. The van der Waals surface area contributed by atoms with E-state index in [2.05, 4.69) is 37.3 Å². The largest absolute Gasteiger partial charge is 0.496 e. The van der Waals surface area contributed by atoms with Crippen LogP contribution in [-0.4, -0.2) is 38.4 Å². The van der Waals surface area contributed by atoms with Gasteiger partial charge in [-0.2, -0.15) is 0 Å². The summed E-state index contributed by atoms with van der Waals surface area (Å²) in [6.07, 6.45) is 4.31. The molecule has 2 unspecified atom stereocenters. The number of hydrogen-bond acceptors (Lipinski definition) is 4. The van der Waals surface area contributed by atoms with E-state index in [1.165, 1.54) is 16.0 Å². The van der Waals surface area contributed by atoms with Gasteiger partial charge in [-0.1, -0.05) is 6.92 Å². The smallest absolute Gasteiger partial charge is 0.123 e. The summed E-state index contributed by atoms with van der Waals surface area (Å²) in [4.78, 5) is 3.78. The highest BCUT2D eigenvalue weighted by Crippen LogP contribution is 2.41. The van der Waals surface area contributed by atoms with Gasteiger partial charge in [0.2, 0.25) is 0 Å². The predicted molar refractivity (Wildman–Crippen MR) is 86.7 cm³/mol. The van der Waals surface area contributed by atoms with E-state index >= 15 is 0 Å². The Bertz CT molecular complexity index is 464. The summed E-state index contributed by atoms with van der Waals surface area (Å²) < 4.78 is 5.65. The van der Waals surface area contributed by atoms with E-state index in [0.29, 0.717) is 12.0 Å². The number of methoxy groups -OCH3 is 1. The molecule has 1 saturated heterocycles. The second kappa shape index (κ2) is 6.83. The van der Waals surface area contributed by atoms with Crippen molar-refractivity contribution in [2.24, 2.45) is 11.7 Å². The van der Waals surface area contributed by atoms with Gasteiger partial charge in [0.15, 0.2) is 0 Å². The van der Waals surface area contributed by atoms with Crippen LogP contribution >= 0.6 is 11.8 Å². The van der Waals surface area contributed by atoms with Gasteiger partial charge < -0.3 is 10.5 Å². The summed E-state index contributed by atoms with van der Waals surface area (Å²) in [7, 11) is 3.96. The summed E-state index contributed by atoms with van der Waals surface area (Å²) in [6, 6.07) is 4.96.